The Morgan fingerprint density at radius 1 is 1.18 bits per heavy atom. The summed E-state index contributed by atoms with van der Waals surface area (Å²) >= 11 is 0. The number of aromatic nitrogens is 3. The van der Waals surface area contributed by atoms with Gasteiger partial charge in [-0.15, -0.1) is 0 Å². The average molecular weight is 378 g/mol. The number of carbonyl (C=O) groups excluding carboxylic acids is 1. The third-order valence-electron chi connectivity index (χ3n) is 5.25. The molecule has 4 rings (SSSR count). The predicted octanol–water partition coefficient (Wildman–Crippen LogP) is 2.90. The van der Waals surface area contributed by atoms with Crippen LogP contribution in [0, 0.1) is 0 Å². The predicted molar refractivity (Wildman–Crippen MR) is 111 cm³/mol. The van der Waals surface area contributed by atoms with Crippen molar-refractivity contribution >= 4 is 22.9 Å². The van der Waals surface area contributed by atoms with Gasteiger partial charge in [-0.25, -0.2) is 9.97 Å². The van der Waals surface area contributed by atoms with Gasteiger partial charge in [0.1, 0.15) is 5.82 Å². The number of nitrogens with one attached hydrogen (secondary N) is 1. The minimum absolute atomic E-state index is 0.0985. The highest BCUT2D eigenvalue weighted by molar-refractivity contribution is 5.95. The second-order valence-corrected chi connectivity index (χ2v) is 7.51. The number of likely N-dealkylation sites (tertiary alicyclic amines) is 1. The van der Waals surface area contributed by atoms with E-state index in [0.29, 0.717) is 6.04 Å². The van der Waals surface area contributed by atoms with Crippen molar-refractivity contribution in [3.63, 3.8) is 0 Å². The summed E-state index contributed by atoms with van der Waals surface area (Å²) in [4.78, 5) is 25.5. The summed E-state index contributed by atoms with van der Waals surface area (Å²) in [5.74, 6) is 1.04. The van der Waals surface area contributed by atoms with Crippen molar-refractivity contribution in [3.8, 4) is 0 Å². The van der Waals surface area contributed by atoms with Gasteiger partial charge in [0.15, 0.2) is 0 Å². The van der Waals surface area contributed by atoms with Crippen LogP contribution in [0.4, 0.5) is 11.5 Å². The molecule has 146 valence electrons. The largest absolute Gasteiger partial charge is 0.381 e. The van der Waals surface area contributed by atoms with Gasteiger partial charge in [0.25, 0.3) is 5.91 Å². The molecule has 0 radical (unpaired) electrons. The molecule has 1 atom stereocenters. The lowest BCUT2D eigenvalue weighted by Crippen LogP contribution is -2.32. The maximum atomic E-state index is 12.9. The van der Waals surface area contributed by atoms with Gasteiger partial charge in [0, 0.05) is 45.0 Å². The average Bonchev–Trinajstić information content (AvgIpc) is 3.06. The molecule has 4 heterocycles. The highest BCUT2D eigenvalue weighted by atomic mass is 16.2. The molecule has 3 aromatic heterocycles. The first-order chi connectivity index (χ1) is 13.6. The lowest BCUT2D eigenvalue weighted by atomic mass is 10.1. The van der Waals surface area contributed by atoms with Gasteiger partial charge in [-0.3, -0.25) is 4.79 Å². The van der Waals surface area contributed by atoms with Gasteiger partial charge < -0.3 is 19.5 Å². The topological polar surface area (TPSA) is 65.8 Å². The van der Waals surface area contributed by atoms with Crippen LogP contribution < -0.4 is 10.2 Å². The van der Waals surface area contributed by atoms with E-state index < -0.39 is 0 Å². The summed E-state index contributed by atoms with van der Waals surface area (Å²) in [6, 6.07) is 8.21. The molecule has 0 aliphatic carbocycles. The Morgan fingerprint density at radius 2 is 2.07 bits per heavy atom. The number of anilines is 2. The number of nitrogens with zero attached hydrogens (tertiary/aromatic N) is 5. The van der Waals surface area contributed by atoms with Crippen LogP contribution in [0.25, 0.3) is 5.52 Å². The van der Waals surface area contributed by atoms with Crippen LogP contribution in [0.5, 0.6) is 0 Å². The fourth-order valence-electron chi connectivity index (χ4n) is 3.65. The molecule has 1 fully saturated rings. The quantitative estimate of drug-likeness (QED) is 0.756. The molecule has 1 saturated heterocycles. The Bertz CT molecular complexity index is 949. The van der Waals surface area contributed by atoms with E-state index in [4.69, 9.17) is 0 Å². The number of carbonyl (C=O) groups is 1. The fourth-order valence-corrected chi connectivity index (χ4v) is 3.65. The third kappa shape index (κ3) is 3.93. The van der Waals surface area contributed by atoms with Gasteiger partial charge in [-0.1, -0.05) is 0 Å². The van der Waals surface area contributed by atoms with Crippen LogP contribution in [0.3, 0.4) is 0 Å². The van der Waals surface area contributed by atoms with E-state index in [9.17, 15) is 4.79 Å². The molecule has 7 heteroatoms. The molecule has 0 saturated carbocycles. The monoisotopic (exact) mass is 378 g/mol. The van der Waals surface area contributed by atoms with E-state index in [1.807, 2.05) is 58.9 Å². The van der Waals surface area contributed by atoms with Crippen molar-refractivity contribution in [2.45, 2.75) is 25.3 Å². The zero-order valence-corrected chi connectivity index (χ0v) is 16.4. The normalized spacial score (nSPS) is 17.4. The number of fused-ring (bicyclic) bond motifs is 1. The SMILES string of the molecule is CN(C)c1ccc(NC2CCCN(C(=O)c3ccn4cncc4c3)CC2)cn1. The van der Waals surface area contributed by atoms with Crippen LogP contribution in [-0.4, -0.2) is 58.4 Å². The summed E-state index contributed by atoms with van der Waals surface area (Å²) < 4.78 is 1.91. The minimum atomic E-state index is 0.0985. The Kier molecular flexibility index (Phi) is 5.14. The molecule has 1 amide bonds. The van der Waals surface area contributed by atoms with Crippen molar-refractivity contribution in [1.82, 2.24) is 19.3 Å². The van der Waals surface area contributed by atoms with Crippen LogP contribution in [0.2, 0.25) is 0 Å². The lowest BCUT2D eigenvalue weighted by molar-refractivity contribution is 0.0761. The van der Waals surface area contributed by atoms with Crippen LogP contribution in [0.15, 0.2) is 49.2 Å². The first-order valence-corrected chi connectivity index (χ1v) is 9.71. The number of hydrogen-bond acceptors (Lipinski definition) is 5. The number of imidazole rings is 1. The van der Waals surface area contributed by atoms with E-state index in [-0.39, 0.29) is 5.91 Å². The molecule has 1 aliphatic heterocycles. The Labute approximate surface area is 165 Å². The molecule has 28 heavy (non-hydrogen) atoms. The van der Waals surface area contributed by atoms with E-state index in [1.165, 1.54) is 0 Å². The zero-order valence-electron chi connectivity index (χ0n) is 16.4. The molecule has 7 nitrogen and oxygen atoms in total. The van der Waals surface area contributed by atoms with Gasteiger partial charge >= 0.3 is 0 Å². The summed E-state index contributed by atoms with van der Waals surface area (Å²) in [7, 11) is 3.97. The van der Waals surface area contributed by atoms with Crippen LogP contribution >= 0.6 is 0 Å². The standard InChI is InChI=1S/C21H26N6O/c1-25(2)20-6-5-18(13-23-20)24-17-4-3-9-26(11-8-17)21(28)16-7-10-27-15-22-14-19(27)12-16/h5-7,10,12-15,17,24H,3-4,8-9,11H2,1-2H3. The van der Waals surface area contributed by atoms with E-state index in [1.54, 1.807) is 12.5 Å². The van der Waals surface area contributed by atoms with Crippen molar-refractivity contribution in [1.29, 1.82) is 0 Å². The van der Waals surface area contributed by atoms with Crippen LogP contribution in [0.1, 0.15) is 29.6 Å². The molecule has 3 aromatic rings. The summed E-state index contributed by atoms with van der Waals surface area (Å²) in [6.45, 7) is 1.55. The van der Waals surface area contributed by atoms with Crippen molar-refractivity contribution in [2.24, 2.45) is 0 Å². The Morgan fingerprint density at radius 3 is 2.86 bits per heavy atom. The number of pyridine rings is 2. The number of amides is 1. The van der Waals surface area contributed by atoms with Gasteiger partial charge in [0.2, 0.25) is 0 Å². The van der Waals surface area contributed by atoms with Gasteiger partial charge in [-0.05, 0) is 43.5 Å². The first-order valence-electron chi connectivity index (χ1n) is 9.71. The zero-order chi connectivity index (χ0) is 19.5. The number of hydrogen-bond donors (Lipinski definition) is 1. The maximum Gasteiger partial charge on any atom is 0.253 e. The summed E-state index contributed by atoms with van der Waals surface area (Å²) in [5, 5.41) is 3.58. The van der Waals surface area contributed by atoms with Crippen molar-refractivity contribution in [2.75, 3.05) is 37.4 Å². The van der Waals surface area contributed by atoms with Crippen molar-refractivity contribution in [3.05, 3.63) is 54.7 Å². The molecule has 0 bridgehead atoms. The first kappa shape index (κ1) is 18.3. The lowest BCUT2D eigenvalue weighted by Gasteiger charge is -2.21. The Balaban J connectivity index is 1.38. The summed E-state index contributed by atoms with van der Waals surface area (Å²) in [5.41, 5.74) is 2.69. The fraction of sp³-hybridized carbons (Fsp3) is 0.381. The molecular formula is C21H26N6O. The summed E-state index contributed by atoms with van der Waals surface area (Å²) in [6.07, 6.45) is 10.2. The van der Waals surface area contributed by atoms with E-state index in [0.717, 1.165) is 54.9 Å². The molecule has 1 unspecified atom stereocenters. The molecule has 1 N–H and O–H groups in total. The molecule has 1 aliphatic rings. The highest BCUT2D eigenvalue weighted by Gasteiger charge is 2.22. The third-order valence-corrected chi connectivity index (χ3v) is 5.25. The molecular weight excluding hydrogens is 352 g/mol. The Hall–Kier alpha value is -3.09. The molecule has 0 aromatic carbocycles. The number of rotatable bonds is 4. The minimum Gasteiger partial charge on any atom is -0.381 e. The van der Waals surface area contributed by atoms with E-state index in [2.05, 4.69) is 21.4 Å². The van der Waals surface area contributed by atoms with Crippen LogP contribution in [-0.2, 0) is 0 Å². The van der Waals surface area contributed by atoms with Crippen molar-refractivity contribution < 1.29 is 4.79 Å². The second kappa shape index (κ2) is 7.88. The molecule has 0 spiro atoms. The van der Waals surface area contributed by atoms with E-state index >= 15 is 0 Å². The van der Waals surface area contributed by atoms with Gasteiger partial charge in [0.05, 0.1) is 29.9 Å². The van der Waals surface area contributed by atoms with Gasteiger partial charge in [-0.2, -0.15) is 0 Å². The smallest absolute Gasteiger partial charge is 0.253 e. The highest BCUT2D eigenvalue weighted by Crippen LogP contribution is 2.20. The second-order valence-electron chi connectivity index (χ2n) is 7.51. The maximum absolute atomic E-state index is 12.9.